The van der Waals surface area contributed by atoms with E-state index in [2.05, 4.69) is 29.1 Å². The van der Waals surface area contributed by atoms with Crippen LogP contribution in [0.2, 0.25) is 0 Å². The van der Waals surface area contributed by atoms with Gasteiger partial charge in [-0.2, -0.15) is 9.98 Å². The zero-order valence-electron chi connectivity index (χ0n) is 14.7. The lowest BCUT2D eigenvalue weighted by Crippen LogP contribution is -2.21. The van der Waals surface area contributed by atoms with Crippen LogP contribution in [-0.2, 0) is 6.54 Å². The monoisotopic (exact) mass is 348 g/mol. The summed E-state index contributed by atoms with van der Waals surface area (Å²) in [6.45, 7) is 5.09. The van der Waals surface area contributed by atoms with E-state index < -0.39 is 6.03 Å². The van der Waals surface area contributed by atoms with E-state index in [0.29, 0.717) is 22.3 Å². The van der Waals surface area contributed by atoms with Crippen molar-refractivity contribution in [2.24, 2.45) is 15.9 Å². The molecular weight excluding hydrogens is 328 g/mol. The van der Waals surface area contributed by atoms with E-state index in [4.69, 9.17) is 0 Å². The molecule has 1 aromatic heterocycles. The summed E-state index contributed by atoms with van der Waals surface area (Å²) in [6, 6.07) is 12.8. The smallest absolute Gasteiger partial charge is 0.368 e. The Hall–Kier alpha value is -3.15. The lowest BCUT2D eigenvalue weighted by atomic mass is 10.1. The zero-order chi connectivity index (χ0) is 18.3. The summed E-state index contributed by atoms with van der Waals surface area (Å²) in [5, 5.41) is 16.2. The topological polar surface area (TPSA) is 79.0 Å². The van der Waals surface area contributed by atoms with Gasteiger partial charge in [0.05, 0.1) is 16.2 Å². The Bertz CT molecular complexity index is 1130. The average Bonchev–Trinajstić information content (AvgIpc) is 3.10. The predicted octanol–water partition coefficient (Wildman–Crippen LogP) is 3.51. The van der Waals surface area contributed by atoms with Gasteiger partial charge in [0.2, 0.25) is 5.88 Å². The molecule has 4 rings (SSSR count). The van der Waals surface area contributed by atoms with Gasteiger partial charge in [-0.15, -0.1) is 0 Å². The average molecular weight is 348 g/mol. The largest absolute Gasteiger partial charge is 0.493 e. The Kier molecular flexibility index (Phi) is 3.95. The number of aromatic nitrogens is 1. The van der Waals surface area contributed by atoms with Crippen LogP contribution in [0.4, 0.5) is 16.2 Å². The van der Waals surface area contributed by atoms with Gasteiger partial charge in [-0.1, -0.05) is 32.0 Å². The third kappa shape index (κ3) is 2.83. The molecule has 2 amide bonds. The van der Waals surface area contributed by atoms with Crippen molar-refractivity contribution in [3.8, 4) is 5.88 Å². The molecular formula is C20H20N4O2. The third-order valence-electron chi connectivity index (χ3n) is 4.55. The SMILES string of the molecule is CC(C)CCn1c(O)c(Nc2ccc3c(c2)=NC(=O)N=3)c2ccccc21. The Labute approximate surface area is 150 Å². The highest BCUT2D eigenvalue weighted by atomic mass is 16.3. The molecule has 2 N–H and O–H groups in total. The van der Waals surface area contributed by atoms with Gasteiger partial charge in [0.15, 0.2) is 0 Å². The van der Waals surface area contributed by atoms with Gasteiger partial charge < -0.3 is 15.0 Å². The number of anilines is 2. The number of para-hydroxylation sites is 1. The highest BCUT2D eigenvalue weighted by Crippen LogP contribution is 2.38. The second-order valence-corrected chi connectivity index (χ2v) is 6.88. The lowest BCUT2D eigenvalue weighted by Gasteiger charge is -2.10. The van der Waals surface area contributed by atoms with E-state index >= 15 is 0 Å². The molecule has 0 unspecified atom stereocenters. The van der Waals surface area contributed by atoms with E-state index in [1.54, 1.807) is 12.1 Å². The maximum atomic E-state index is 11.3. The fraction of sp³-hybridized carbons (Fsp3) is 0.250. The van der Waals surface area contributed by atoms with Crippen molar-refractivity contribution in [3.05, 3.63) is 53.2 Å². The van der Waals surface area contributed by atoms with Gasteiger partial charge >= 0.3 is 6.03 Å². The van der Waals surface area contributed by atoms with E-state index in [1.807, 2.05) is 34.9 Å². The van der Waals surface area contributed by atoms with Crippen molar-refractivity contribution >= 4 is 28.3 Å². The molecule has 6 heteroatoms. The van der Waals surface area contributed by atoms with E-state index in [1.165, 1.54) is 0 Å². The summed E-state index contributed by atoms with van der Waals surface area (Å²) < 4.78 is 1.94. The van der Waals surface area contributed by atoms with Crippen LogP contribution >= 0.6 is 0 Å². The third-order valence-corrected chi connectivity index (χ3v) is 4.55. The Balaban J connectivity index is 1.77. The Morgan fingerprint density at radius 3 is 2.69 bits per heavy atom. The van der Waals surface area contributed by atoms with Gasteiger partial charge in [0, 0.05) is 17.6 Å². The fourth-order valence-corrected chi connectivity index (χ4v) is 3.19. The minimum absolute atomic E-state index is 0.213. The summed E-state index contributed by atoms with van der Waals surface area (Å²) in [5.41, 5.74) is 2.40. The van der Waals surface area contributed by atoms with E-state index in [0.717, 1.165) is 29.6 Å². The maximum absolute atomic E-state index is 11.3. The molecule has 0 fully saturated rings. The molecule has 0 atom stereocenters. The van der Waals surface area contributed by atoms with Gasteiger partial charge in [-0.25, -0.2) is 4.79 Å². The number of aromatic hydroxyl groups is 1. The first-order valence-corrected chi connectivity index (χ1v) is 8.71. The van der Waals surface area contributed by atoms with Crippen molar-refractivity contribution in [3.63, 3.8) is 0 Å². The Morgan fingerprint density at radius 2 is 1.88 bits per heavy atom. The quantitative estimate of drug-likeness (QED) is 0.740. The number of hydrogen-bond donors (Lipinski definition) is 2. The molecule has 0 bridgehead atoms. The van der Waals surface area contributed by atoms with Crippen molar-refractivity contribution < 1.29 is 9.90 Å². The number of hydrogen-bond acceptors (Lipinski definition) is 3. The van der Waals surface area contributed by atoms with Crippen LogP contribution in [0.25, 0.3) is 10.9 Å². The minimum Gasteiger partial charge on any atom is -0.493 e. The molecule has 0 saturated carbocycles. The molecule has 6 nitrogen and oxygen atoms in total. The van der Waals surface area contributed by atoms with Crippen LogP contribution in [0, 0.1) is 5.92 Å². The first-order valence-electron chi connectivity index (χ1n) is 8.71. The van der Waals surface area contributed by atoms with Gasteiger partial charge in [0.1, 0.15) is 5.69 Å². The summed E-state index contributed by atoms with van der Waals surface area (Å²) in [4.78, 5) is 19.0. The molecule has 132 valence electrons. The second-order valence-electron chi connectivity index (χ2n) is 6.88. The number of fused-ring (bicyclic) bond motifs is 2. The van der Waals surface area contributed by atoms with Crippen molar-refractivity contribution in [2.75, 3.05) is 5.32 Å². The number of rotatable bonds is 5. The maximum Gasteiger partial charge on any atom is 0.368 e. The van der Waals surface area contributed by atoms with Crippen molar-refractivity contribution in [1.82, 2.24) is 4.57 Å². The van der Waals surface area contributed by atoms with Crippen LogP contribution in [0.15, 0.2) is 52.4 Å². The summed E-state index contributed by atoms with van der Waals surface area (Å²) in [6.07, 6.45) is 0.979. The molecule has 26 heavy (non-hydrogen) atoms. The second kappa shape index (κ2) is 6.29. The highest BCUT2D eigenvalue weighted by Gasteiger charge is 2.17. The molecule has 0 radical (unpaired) electrons. The number of carbonyl (C=O) groups excluding carboxylic acids is 1. The lowest BCUT2D eigenvalue weighted by molar-refractivity contribution is 0.256. The van der Waals surface area contributed by atoms with Gasteiger partial charge in [-0.05, 0) is 36.6 Å². The van der Waals surface area contributed by atoms with Crippen molar-refractivity contribution in [2.45, 2.75) is 26.8 Å². The van der Waals surface area contributed by atoms with Crippen molar-refractivity contribution in [1.29, 1.82) is 0 Å². The predicted molar refractivity (Wildman–Crippen MR) is 100 cm³/mol. The summed E-state index contributed by atoms with van der Waals surface area (Å²) in [7, 11) is 0. The van der Waals surface area contributed by atoms with E-state index in [-0.39, 0.29) is 5.88 Å². The molecule has 3 aromatic rings. The molecule has 2 aromatic carbocycles. The molecule has 2 heterocycles. The first-order chi connectivity index (χ1) is 12.5. The minimum atomic E-state index is -0.481. The first kappa shape index (κ1) is 16.3. The molecule has 0 aliphatic carbocycles. The highest BCUT2D eigenvalue weighted by molar-refractivity contribution is 5.98. The molecule has 0 saturated heterocycles. The van der Waals surface area contributed by atoms with Gasteiger partial charge in [-0.3, -0.25) is 0 Å². The van der Waals surface area contributed by atoms with Crippen LogP contribution in [0.3, 0.4) is 0 Å². The number of amides is 2. The normalized spacial score (nSPS) is 13.0. The molecule has 1 aliphatic rings. The van der Waals surface area contributed by atoms with Crippen LogP contribution < -0.4 is 16.0 Å². The standard InChI is InChI=1S/C20H20N4O2/c1-12(2)9-10-24-17-6-4-3-5-14(17)18(19(24)25)21-13-7-8-15-16(11-13)23-20(26)22-15/h3-8,11-12,21,25H,9-10H2,1-2H3. The number of aryl methyl sites for hydroxylation is 1. The summed E-state index contributed by atoms with van der Waals surface area (Å²) in [5.74, 6) is 0.761. The number of urea groups is 1. The van der Waals surface area contributed by atoms with E-state index in [9.17, 15) is 9.90 Å². The van der Waals surface area contributed by atoms with Crippen LogP contribution in [0.1, 0.15) is 20.3 Å². The summed E-state index contributed by atoms with van der Waals surface area (Å²) >= 11 is 0. The number of nitrogens with one attached hydrogen (secondary N) is 1. The number of carbonyl (C=O) groups is 1. The number of benzene rings is 2. The van der Waals surface area contributed by atoms with Crippen LogP contribution in [0.5, 0.6) is 5.88 Å². The fourth-order valence-electron chi connectivity index (χ4n) is 3.19. The number of nitrogens with zero attached hydrogens (tertiary/aromatic N) is 3. The molecule has 0 spiro atoms. The Morgan fingerprint density at radius 1 is 1.12 bits per heavy atom. The van der Waals surface area contributed by atoms with Gasteiger partial charge in [0.25, 0.3) is 0 Å². The molecule has 1 aliphatic heterocycles. The zero-order valence-corrected chi connectivity index (χ0v) is 14.7. The van der Waals surface area contributed by atoms with Crippen LogP contribution in [-0.4, -0.2) is 15.7 Å².